The predicted octanol–water partition coefficient (Wildman–Crippen LogP) is 2.10. The molecule has 23 heavy (non-hydrogen) atoms. The lowest BCUT2D eigenvalue weighted by Crippen LogP contribution is -2.33. The molecule has 0 radical (unpaired) electrons. The number of carboxylic acids is 1. The molecule has 1 fully saturated rings. The number of aryl methyl sites for hydroxylation is 1. The van der Waals surface area contributed by atoms with Gasteiger partial charge in [-0.2, -0.15) is 16.3 Å². The maximum Gasteiger partial charge on any atom is 0.306 e. The van der Waals surface area contributed by atoms with E-state index in [4.69, 9.17) is 9.63 Å². The molecule has 0 aromatic carbocycles. The normalized spacial score (nSPS) is 20.5. The van der Waals surface area contributed by atoms with Crippen molar-refractivity contribution in [3.63, 3.8) is 0 Å². The van der Waals surface area contributed by atoms with Crippen molar-refractivity contribution in [1.29, 1.82) is 0 Å². The zero-order chi connectivity index (χ0) is 16.2. The number of carbonyl (C=O) groups excluding carboxylic acids is 1. The predicted molar refractivity (Wildman–Crippen MR) is 82.8 cm³/mol. The average Bonchev–Trinajstić information content (AvgIpc) is 3.25. The molecule has 1 aliphatic rings. The van der Waals surface area contributed by atoms with Crippen molar-refractivity contribution < 1.29 is 19.2 Å². The molecule has 2 aromatic heterocycles. The second-order valence-corrected chi connectivity index (χ2v) is 6.42. The van der Waals surface area contributed by atoms with Crippen LogP contribution in [0.5, 0.6) is 0 Å². The maximum atomic E-state index is 11.9. The molecule has 0 bridgehead atoms. The van der Waals surface area contributed by atoms with Crippen molar-refractivity contribution in [2.24, 2.45) is 5.92 Å². The van der Waals surface area contributed by atoms with Gasteiger partial charge >= 0.3 is 5.97 Å². The number of nitrogens with one attached hydrogen (secondary N) is 1. The first-order valence-electron chi connectivity index (χ1n) is 7.49. The number of thiophene rings is 1. The Morgan fingerprint density at radius 1 is 1.43 bits per heavy atom. The summed E-state index contributed by atoms with van der Waals surface area (Å²) in [4.78, 5) is 27.1. The highest BCUT2D eigenvalue weighted by Crippen LogP contribution is 2.25. The molecule has 1 saturated carbocycles. The van der Waals surface area contributed by atoms with Gasteiger partial charge in [0.25, 0.3) is 0 Å². The first-order chi connectivity index (χ1) is 11.1. The highest BCUT2D eigenvalue weighted by molar-refractivity contribution is 7.08. The van der Waals surface area contributed by atoms with Crippen LogP contribution in [0.3, 0.4) is 0 Å². The van der Waals surface area contributed by atoms with E-state index in [1.54, 1.807) is 11.3 Å². The van der Waals surface area contributed by atoms with Gasteiger partial charge in [-0.1, -0.05) is 5.16 Å². The average molecular weight is 335 g/mol. The largest absolute Gasteiger partial charge is 0.481 e. The molecule has 7 nitrogen and oxygen atoms in total. The van der Waals surface area contributed by atoms with E-state index >= 15 is 0 Å². The van der Waals surface area contributed by atoms with Crippen molar-refractivity contribution in [3.8, 4) is 11.4 Å². The number of aromatic nitrogens is 2. The topological polar surface area (TPSA) is 105 Å². The van der Waals surface area contributed by atoms with Crippen LogP contribution in [0.1, 0.15) is 31.6 Å². The van der Waals surface area contributed by atoms with Gasteiger partial charge in [-0.25, -0.2) is 0 Å². The van der Waals surface area contributed by atoms with Gasteiger partial charge in [0, 0.05) is 29.8 Å². The minimum absolute atomic E-state index is 0.0485. The number of hydrogen-bond acceptors (Lipinski definition) is 6. The standard InChI is InChI=1S/C15H17N3O4S/c19-12(16-11-2-1-9(7-11)15(20)21)3-4-13-17-14(18-22-13)10-5-6-23-8-10/h5-6,8-9,11H,1-4,7H2,(H,16,19)(H,20,21)/t9-,11+/m1/s1. The van der Waals surface area contributed by atoms with Crippen molar-refractivity contribution in [2.75, 3.05) is 0 Å². The molecule has 0 aliphatic heterocycles. The van der Waals surface area contributed by atoms with E-state index in [-0.39, 0.29) is 24.3 Å². The van der Waals surface area contributed by atoms with Gasteiger partial charge in [0.05, 0.1) is 5.92 Å². The van der Waals surface area contributed by atoms with Crippen LogP contribution in [0.25, 0.3) is 11.4 Å². The lowest BCUT2D eigenvalue weighted by atomic mass is 10.1. The van der Waals surface area contributed by atoms with Crippen LogP contribution in [-0.4, -0.2) is 33.2 Å². The summed E-state index contributed by atoms with van der Waals surface area (Å²) < 4.78 is 5.14. The van der Waals surface area contributed by atoms with E-state index in [9.17, 15) is 9.59 Å². The third kappa shape index (κ3) is 3.95. The number of carbonyl (C=O) groups is 2. The third-order valence-corrected chi connectivity index (χ3v) is 4.64. The minimum Gasteiger partial charge on any atom is -0.481 e. The van der Waals surface area contributed by atoms with Gasteiger partial charge in [0.1, 0.15) is 0 Å². The van der Waals surface area contributed by atoms with Gasteiger partial charge < -0.3 is 14.9 Å². The van der Waals surface area contributed by atoms with Crippen LogP contribution in [-0.2, 0) is 16.0 Å². The third-order valence-electron chi connectivity index (χ3n) is 3.96. The minimum atomic E-state index is -0.784. The fourth-order valence-corrected chi connectivity index (χ4v) is 3.36. The first-order valence-corrected chi connectivity index (χ1v) is 8.43. The fraction of sp³-hybridized carbons (Fsp3) is 0.467. The number of amides is 1. The highest BCUT2D eigenvalue weighted by Gasteiger charge is 2.30. The van der Waals surface area contributed by atoms with Crippen LogP contribution in [0.15, 0.2) is 21.3 Å². The van der Waals surface area contributed by atoms with Crippen LogP contribution in [0, 0.1) is 5.92 Å². The summed E-state index contributed by atoms with van der Waals surface area (Å²) in [7, 11) is 0. The second kappa shape index (κ2) is 6.91. The van der Waals surface area contributed by atoms with Crippen LogP contribution < -0.4 is 5.32 Å². The zero-order valence-corrected chi connectivity index (χ0v) is 13.2. The quantitative estimate of drug-likeness (QED) is 0.837. The van der Waals surface area contributed by atoms with Gasteiger partial charge in [-0.3, -0.25) is 9.59 Å². The molecule has 1 aliphatic carbocycles. The number of nitrogens with zero attached hydrogens (tertiary/aromatic N) is 2. The molecule has 0 spiro atoms. The Labute approximate surface area is 136 Å². The Bertz CT molecular complexity index is 683. The molecule has 8 heteroatoms. The van der Waals surface area contributed by atoms with E-state index < -0.39 is 5.97 Å². The van der Waals surface area contributed by atoms with Gasteiger partial charge in [0.15, 0.2) is 0 Å². The Morgan fingerprint density at radius 3 is 3.00 bits per heavy atom. The van der Waals surface area contributed by atoms with Crippen molar-refractivity contribution in [1.82, 2.24) is 15.5 Å². The molecule has 0 saturated heterocycles. The van der Waals surface area contributed by atoms with Gasteiger partial charge in [-0.05, 0) is 30.7 Å². The molecule has 122 valence electrons. The summed E-state index contributed by atoms with van der Waals surface area (Å²) in [6.07, 6.45) is 2.46. The van der Waals surface area contributed by atoms with E-state index in [0.29, 0.717) is 37.4 Å². The van der Waals surface area contributed by atoms with Crippen LogP contribution in [0.2, 0.25) is 0 Å². The number of carboxylic acid groups (broad SMARTS) is 1. The van der Waals surface area contributed by atoms with Crippen molar-refractivity contribution in [3.05, 3.63) is 22.7 Å². The molecule has 2 aromatic rings. The lowest BCUT2D eigenvalue weighted by Gasteiger charge is -2.11. The second-order valence-electron chi connectivity index (χ2n) is 5.64. The summed E-state index contributed by atoms with van der Waals surface area (Å²) in [5.41, 5.74) is 0.903. The van der Waals surface area contributed by atoms with E-state index in [1.165, 1.54) is 0 Å². The van der Waals surface area contributed by atoms with E-state index in [0.717, 1.165) is 5.56 Å². The Morgan fingerprint density at radius 2 is 2.30 bits per heavy atom. The molecular formula is C15H17N3O4S. The van der Waals surface area contributed by atoms with Crippen molar-refractivity contribution in [2.45, 2.75) is 38.1 Å². The maximum absolute atomic E-state index is 11.9. The molecule has 2 atom stereocenters. The molecule has 2 N–H and O–H groups in total. The van der Waals surface area contributed by atoms with Crippen LogP contribution >= 0.6 is 11.3 Å². The smallest absolute Gasteiger partial charge is 0.306 e. The Hall–Kier alpha value is -2.22. The number of rotatable bonds is 6. The molecule has 3 rings (SSSR count). The molecule has 2 heterocycles. The van der Waals surface area contributed by atoms with Gasteiger partial charge in [0.2, 0.25) is 17.6 Å². The Kier molecular flexibility index (Phi) is 4.71. The summed E-state index contributed by atoms with van der Waals surface area (Å²) >= 11 is 1.55. The lowest BCUT2D eigenvalue weighted by molar-refractivity contribution is -0.141. The van der Waals surface area contributed by atoms with Crippen molar-refractivity contribution >= 4 is 23.2 Å². The summed E-state index contributed by atoms with van der Waals surface area (Å²) in [5.74, 6) is -0.285. The number of hydrogen-bond donors (Lipinski definition) is 2. The van der Waals surface area contributed by atoms with E-state index in [1.807, 2.05) is 16.8 Å². The van der Waals surface area contributed by atoms with Gasteiger partial charge in [-0.15, -0.1) is 0 Å². The monoisotopic (exact) mass is 335 g/mol. The number of aliphatic carboxylic acids is 1. The summed E-state index contributed by atoms with van der Waals surface area (Å²) in [6.45, 7) is 0. The summed E-state index contributed by atoms with van der Waals surface area (Å²) in [5, 5.41) is 19.6. The zero-order valence-electron chi connectivity index (χ0n) is 12.4. The molecular weight excluding hydrogens is 318 g/mol. The molecule has 1 amide bonds. The van der Waals surface area contributed by atoms with E-state index in [2.05, 4.69) is 15.5 Å². The fourth-order valence-electron chi connectivity index (χ4n) is 2.72. The molecule has 0 unspecified atom stereocenters. The van der Waals surface area contributed by atoms with Crippen LogP contribution in [0.4, 0.5) is 0 Å². The summed E-state index contributed by atoms with van der Waals surface area (Å²) in [6, 6.07) is 1.86. The first kappa shape index (κ1) is 15.7. The SMILES string of the molecule is O=C(CCc1nc(-c2ccsc2)no1)N[C@H]1CC[C@@H](C(=O)O)C1. The Balaban J connectivity index is 1.45. The highest BCUT2D eigenvalue weighted by atomic mass is 32.1.